The SMILES string of the molecule is CC(=O)NC(C)(C)C(=O)NC(C)Cc1ccc2ccccc2c1. The van der Waals surface area contributed by atoms with E-state index in [0.29, 0.717) is 0 Å². The van der Waals surface area contributed by atoms with Crippen LogP contribution < -0.4 is 10.6 Å². The fourth-order valence-electron chi connectivity index (χ4n) is 2.67. The van der Waals surface area contributed by atoms with Crippen molar-refractivity contribution in [1.29, 1.82) is 0 Å². The summed E-state index contributed by atoms with van der Waals surface area (Å²) in [5.74, 6) is -0.395. The Morgan fingerprint density at radius 1 is 1.09 bits per heavy atom. The fourth-order valence-corrected chi connectivity index (χ4v) is 2.67. The van der Waals surface area contributed by atoms with Gasteiger partial charge in [0.1, 0.15) is 5.54 Å². The summed E-state index contributed by atoms with van der Waals surface area (Å²) in [5, 5.41) is 8.03. The lowest BCUT2D eigenvalue weighted by molar-refractivity contribution is -0.131. The summed E-state index contributed by atoms with van der Waals surface area (Å²) >= 11 is 0. The van der Waals surface area contributed by atoms with E-state index in [0.717, 1.165) is 6.42 Å². The van der Waals surface area contributed by atoms with Gasteiger partial charge in [0, 0.05) is 13.0 Å². The molecule has 2 amide bonds. The van der Waals surface area contributed by atoms with Gasteiger partial charge < -0.3 is 10.6 Å². The number of carbonyl (C=O) groups excluding carboxylic acids is 2. The Morgan fingerprint density at radius 2 is 1.74 bits per heavy atom. The molecule has 2 rings (SSSR count). The summed E-state index contributed by atoms with van der Waals surface area (Å²) in [6.45, 7) is 6.78. The average molecular weight is 312 g/mol. The van der Waals surface area contributed by atoms with Crippen molar-refractivity contribution in [3.63, 3.8) is 0 Å². The van der Waals surface area contributed by atoms with Gasteiger partial charge in [-0.3, -0.25) is 9.59 Å². The highest BCUT2D eigenvalue weighted by atomic mass is 16.2. The number of nitrogens with one attached hydrogen (secondary N) is 2. The van der Waals surface area contributed by atoms with Crippen LogP contribution in [-0.2, 0) is 16.0 Å². The van der Waals surface area contributed by atoms with Crippen LogP contribution in [0.5, 0.6) is 0 Å². The molecule has 0 heterocycles. The Bertz CT molecular complexity index is 722. The minimum atomic E-state index is -0.913. The lowest BCUT2D eigenvalue weighted by atomic mass is 10.0. The van der Waals surface area contributed by atoms with Gasteiger partial charge in [-0.1, -0.05) is 42.5 Å². The van der Waals surface area contributed by atoms with E-state index >= 15 is 0 Å². The normalized spacial score (nSPS) is 12.7. The van der Waals surface area contributed by atoms with Crippen LogP contribution in [0.2, 0.25) is 0 Å². The van der Waals surface area contributed by atoms with Gasteiger partial charge in [-0.15, -0.1) is 0 Å². The molecule has 1 unspecified atom stereocenters. The molecule has 2 N–H and O–H groups in total. The van der Waals surface area contributed by atoms with Gasteiger partial charge in [-0.25, -0.2) is 0 Å². The van der Waals surface area contributed by atoms with E-state index in [2.05, 4.69) is 41.0 Å². The number of fused-ring (bicyclic) bond motifs is 1. The van der Waals surface area contributed by atoms with E-state index < -0.39 is 5.54 Å². The minimum absolute atomic E-state index is 0.0169. The van der Waals surface area contributed by atoms with E-state index in [4.69, 9.17) is 0 Å². The maximum Gasteiger partial charge on any atom is 0.245 e. The molecule has 1 atom stereocenters. The number of rotatable bonds is 5. The zero-order valence-electron chi connectivity index (χ0n) is 14.1. The van der Waals surface area contributed by atoms with Gasteiger partial charge in [0.25, 0.3) is 0 Å². The van der Waals surface area contributed by atoms with Crippen LogP contribution in [0, 0.1) is 0 Å². The highest BCUT2D eigenvalue weighted by Crippen LogP contribution is 2.16. The van der Waals surface area contributed by atoms with Crippen molar-refractivity contribution in [3.8, 4) is 0 Å². The van der Waals surface area contributed by atoms with Crippen molar-refractivity contribution >= 4 is 22.6 Å². The maximum atomic E-state index is 12.3. The van der Waals surface area contributed by atoms with Gasteiger partial charge >= 0.3 is 0 Å². The highest BCUT2D eigenvalue weighted by molar-refractivity contribution is 5.90. The van der Waals surface area contributed by atoms with E-state index in [1.54, 1.807) is 13.8 Å². The Balaban J connectivity index is 2.01. The van der Waals surface area contributed by atoms with Crippen molar-refractivity contribution in [2.75, 3.05) is 0 Å². The molecule has 0 aliphatic carbocycles. The van der Waals surface area contributed by atoms with Crippen LogP contribution in [0.4, 0.5) is 0 Å². The third-order valence-corrected chi connectivity index (χ3v) is 3.79. The predicted molar refractivity (Wildman–Crippen MR) is 93.2 cm³/mol. The standard InChI is InChI=1S/C19H24N2O2/c1-13(20-18(23)19(3,4)21-14(2)22)11-15-9-10-16-7-5-6-8-17(16)12-15/h5-10,12-13H,11H2,1-4H3,(H,20,23)(H,21,22). The van der Waals surface area contributed by atoms with Crippen molar-refractivity contribution in [2.45, 2.75) is 45.7 Å². The summed E-state index contributed by atoms with van der Waals surface area (Å²) in [6.07, 6.45) is 0.743. The lowest BCUT2D eigenvalue weighted by Gasteiger charge is -2.26. The first-order chi connectivity index (χ1) is 10.8. The summed E-state index contributed by atoms with van der Waals surface area (Å²) in [4.78, 5) is 23.5. The fraction of sp³-hybridized carbons (Fsp3) is 0.368. The Labute approximate surface area is 137 Å². The lowest BCUT2D eigenvalue weighted by Crippen LogP contribution is -2.56. The predicted octanol–water partition coefficient (Wildman–Crippen LogP) is 2.80. The molecular formula is C19H24N2O2. The monoisotopic (exact) mass is 312 g/mol. The molecule has 0 aliphatic rings. The molecule has 0 aromatic heterocycles. The van der Waals surface area contributed by atoms with E-state index in [1.807, 2.05) is 19.1 Å². The second kappa shape index (κ2) is 6.82. The quantitative estimate of drug-likeness (QED) is 0.892. The van der Waals surface area contributed by atoms with Crippen LogP contribution in [0.25, 0.3) is 10.8 Å². The largest absolute Gasteiger partial charge is 0.351 e. The number of amides is 2. The molecule has 0 saturated heterocycles. The number of hydrogen-bond donors (Lipinski definition) is 2. The molecule has 0 spiro atoms. The molecule has 23 heavy (non-hydrogen) atoms. The number of benzene rings is 2. The molecule has 2 aromatic rings. The summed E-state index contributed by atoms with van der Waals surface area (Å²) in [6, 6.07) is 14.5. The number of carbonyl (C=O) groups is 2. The molecule has 122 valence electrons. The van der Waals surface area contributed by atoms with Gasteiger partial charge in [-0.05, 0) is 43.5 Å². The third kappa shape index (κ3) is 4.55. The first-order valence-electron chi connectivity index (χ1n) is 7.85. The van der Waals surface area contributed by atoms with Crippen LogP contribution in [0.1, 0.15) is 33.3 Å². The zero-order chi connectivity index (χ0) is 17.0. The molecule has 0 saturated carbocycles. The van der Waals surface area contributed by atoms with Gasteiger partial charge in [0.15, 0.2) is 0 Å². The van der Waals surface area contributed by atoms with Crippen molar-refractivity contribution in [2.24, 2.45) is 0 Å². The van der Waals surface area contributed by atoms with Crippen LogP contribution in [-0.4, -0.2) is 23.4 Å². The summed E-state index contributed by atoms with van der Waals surface area (Å²) in [5.41, 5.74) is 0.262. The van der Waals surface area contributed by atoms with E-state index in [1.165, 1.54) is 23.3 Å². The van der Waals surface area contributed by atoms with Crippen LogP contribution >= 0.6 is 0 Å². The van der Waals surface area contributed by atoms with Crippen molar-refractivity contribution < 1.29 is 9.59 Å². The Kier molecular flexibility index (Phi) is 5.04. The van der Waals surface area contributed by atoms with E-state index in [-0.39, 0.29) is 17.9 Å². The molecule has 4 nitrogen and oxygen atoms in total. The second-order valence-corrected chi connectivity index (χ2v) is 6.57. The molecule has 0 bridgehead atoms. The molecular weight excluding hydrogens is 288 g/mol. The van der Waals surface area contributed by atoms with E-state index in [9.17, 15) is 9.59 Å². The van der Waals surface area contributed by atoms with Gasteiger partial charge in [0.05, 0.1) is 0 Å². The zero-order valence-corrected chi connectivity index (χ0v) is 14.1. The van der Waals surface area contributed by atoms with Crippen LogP contribution in [0.15, 0.2) is 42.5 Å². The highest BCUT2D eigenvalue weighted by Gasteiger charge is 2.29. The van der Waals surface area contributed by atoms with Crippen molar-refractivity contribution in [1.82, 2.24) is 10.6 Å². The van der Waals surface area contributed by atoms with Gasteiger partial charge in [-0.2, -0.15) is 0 Å². The smallest absolute Gasteiger partial charge is 0.245 e. The first-order valence-corrected chi connectivity index (χ1v) is 7.85. The molecule has 0 fully saturated rings. The molecule has 4 heteroatoms. The first kappa shape index (κ1) is 17.0. The second-order valence-electron chi connectivity index (χ2n) is 6.57. The minimum Gasteiger partial charge on any atom is -0.351 e. The Hall–Kier alpha value is -2.36. The van der Waals surface area contributed by atoms with Gasteiger partial charge in [0.2, 0.25) is 11.8 Å². The summed E-state index contributed by atoms with van der Waals surface area (Å²) in [7, 11) is 0. The molecule has 2 aromatic carbocycles. The maximum absolute atomic E-state index is 12.3. The molecule has 0 aliphatic heterocycles. The third-order valence-electron chi connectivity index (χ3n) is 3.79. The Morgan fingerprint density at radius 3 is 2.39 bits per heavy atom. The topological polar surface area (TPSA) is 58.2 Å². The van der Waals surface area contributed by atoms with Crippen LogP contribution in [0.3, 0.4) is 0 Å². The number of hydrogen-bond acceptors (Lipinski definition) is 2. The summed E-state index contributed by atoms with van der Waals surface area (Å²) < 4.78 is 0. The van der Waals surface area contributed by atoms with Crippen molar-refractivity contribution in [3.05, 3.63) is 48.0 Å². The molecule has 0 radical (unpaired) electrons. The average Bonchev–Trinajstić information content (AvgIpc) is 2.45.